The average molecular weight is 380 g/mol. The van der Waals surface area contributed by atoms with Crippen molar-refractivity contribution in [1.82, 2.24) is 9.21 Å². The maximum Gasteiger partial charge on any atom is 0.326 e. The van der Waals surface area contributed by atoms with Gasteiger partial charge in [0.2, 0.25) is 15.9 Å². The molecule has 7 nitrogen and oxygen atoms in total. The molecule has 2 aliphatic rings. The van der Waals surface area contributed by atoms with Gasteiger partial charge in [0, 0.05) is 19.6 Å². The molecular formula is C18H24N2O5S. The van der Waals surface area contributed by atoms with Crippen LogP contribution in [0.2, 0.25) is 0 Å². The molecule has 2 saturated heterocycles. The summed E-state index contributed by atoms with van der Waals surface area (Å²) in [6.07, 6.45) is 4.07. The number of rotatable bonds is 5. The van der Waals surface area contributed by atoms with Crippen LogP contribution in [0, 0.1) is 0 Å². The number of likely N-dealkylation sites (tertiary alicyclic amines) is 1. The van der Waals surface area contributed by atoms with E-state index in [2.05, 4.69) is 0 Å². The Labute approximate surface area is 153 Å². The van der Waals surface area contributed by atoms with Gasteiger partial charge in [0.05, 0.1) is 11.3 Å². The molecule has 1 atom stereocenters. The van der Waals surface area contributed by atoms with Crippen LogP contribution in [-0.2, 0) is 26.0 Å². The maximum atomic E-state index is 12.6. The first-order valence-corrected chi connectivity index (χ1v) is 10.4. The van der Waals surface area contributed by atoms with Gasteiger partial charge in [-0.2, -0.15) is 4.31 Å². The van der Waals surface area contributed by atoms with Crippen LogP contribution >= 0.6 is 0 Å². The molecule has 2 fully saturated rings. The fraction of sp³-hybridized carbons (Fsp3) is 0.556. The molecule has 0 aliphatic carbocycles. The first-order valence-electron chi connectivity index (χ1n) is 9.01. The number of carbonyl (C=O) groups is 2. The minimum Gasteiger partial charge on any atom is -0.480 e. The van der Waals surface area contributed by atoms with Crippen molar-refractivity contribution in [3.8, 4) is 0 Å². The van der Waals surface area contributed by atoms with E-state index in [1.165, 1.54) is 21.3 Å². The number of carboxylic acids is 1. The van der Waals surface area contributed by atoms with Crippen LogP contribution in [0.25, 0.3) is 0 Å². The van der Waals surface area contributed by atoms with E-state index in [1.54, 1.807) is 12.1 Å². The Hall–Kier alpha value is -1.93. The summed E-state index contributed by atoms with van der Waals surface area (Å²) < 4.78 is 26.8. The van der Waals surface area contributed by atoms with Crippen molar-refractivity contribution in [2.75, 3.05) is 19.6 Å². The second-order valence-corrected chi connectivity index (χ2v) is 8.81. The zero-order valence-electron chi connectivity index (χ0n) is 14.6. The van der Waals surface area contributed by atoms with E-state index < -0.39 is 22.0 Å². The Bertz CT molecular complexity index is 769. The number of nitrogens with zero attached hydrogens (tertiary/aromatic N) is 2. The Morgan fingerprint density at radius 2 is 1.65 bits per heavy atom. The number of hydrogen-bond donors (Lipinski definition) is 1. The number of carboxylic acid groups (broad SMARTS) is 1. The summed E-state index contributed by atoms with van der Waals surface area (Å²) >= 11 is 0. The van der Waals surface area contributed by atoms with Crippen molar-refractivity contribution < 1.29 is 23.1 Å². The highest BCUT2D eigenvalue weighted by molar-refractivity contribution is 7.89. The zero-order chi connectivity index (χ0) is 18.7. The van der Waals surface area contributed by atoms with Gasteiger partial charge >= 0.3 is 5.97 Å². The molecular weight excluding hydrogens is 356 g/mol. The molecule has 0 spiro atoms. The molecule has 3 rings (SSSR count). The largest absolute Gasteiger partial charge is 0.480 e. The summed E-state index contributed by atoms with van der Waals surface area (Å²) in [5.74, 6) is -1.21. The van der Waals surface area contributed by atoms with Crippen LogP contribution in [0.15, 0.2) is 29.2 Å². The van der Waals surface area contributed by atoms with Gasteiger partial charge in [-0.3, -0.25) is 4.79 Å². The highest BCUT2D eigenvalue weighted by Gasteiger charge is 2.33. The SMILES string of the molecule is O=C(O)[C@@H]1CCCN1C(=O)Cc1ccc(S(=O)(=O)N2CCCCC2)cc1. The van der Waals surface area contributed by atoms with Gasteiger partial charge in [-0.1, -0.05) is 18.6 Å². The fourth-order valence-electron chi connectivity index (χ4n) is 3.63. The Morgan fingerprint density at radius 3 is 2.27 bits per heavy atom. The molecule has 2 aliphatic heterocycles. The molecule has 0 radical (unpaired) electrons. The van der Waals surface area contributed by atoms with Gasteiger partial charge in [0.1, 0.15) is 6.04 Å². The summed E-state index contributed by atoms with van der Waals surface area (Å²) in [6, 6.07) is 5.60. The van der Waals surface area contributed by atoms with Crippen molar-refractivity contribution in [2.45, 2.75) is 49.5 Å². The lowest BCUT2D eigenvalue weighted by Crippen LogP contribution is -2.41. The molecule has 8 heteroatoms. The summed E-state index contributed by atoms with van der Waals surface area (Å²) in [5.41, 5.74) is 0.684. The number of aliphatic carboxylic acids is 1. The molecule has 1 amide bonds. The van der Waals surface area contributed by atoms with Gasteiger partial charge in [0.25, 0.3) is 0 Å². The molecule has 2 heterocycles. The number of benzene rings is 1. The maximum absolute atomic E-state index is 12.6. The van der Waals surface area contributed by atoms with E-state index in [-0.39, 0.29) is 17.2 Å². The van der Waals surface area contributed by atoms with E-state index in [1.807, 2.05) is 0 Å². The van der Waals surface area contributed by atoms with Crippen LogP contribution in [-0.4, -0.2) is 60.3 Å². The predicted octanol–water partition coefficient (Wildman–Crippen LogP) is 1.48. The highest BCUT2D eigenvalue weighted by Crippen LogP contribution is 2.22. The minimum absolute atomic E-state index is 0.0772. The molecule has 0 unspecified atom stereocenters. The van der Waals surface area contributed by atoms with Crippen LogP contribution in [0.3, 0.4) is 0 Å². The molecule has 1 aromatic rings. The van der Waals surface area contributed by atoms with Crippen LogP contribution in [0.4, 0.5) is 0 Å². The normalized spacial score (nSPS) is 21.7. The van der Waals surface area contributed by atoms with Crippen molar-refractivity contribution in [1.29, 1.82) is 0 Å². The zero-order valence-corrected chi connectivity index (χ0v) is 15.5. The summed E-state index contributed by atoms with van der Waals surface area (Å²) in [7, 11) is -3.48. The van der Waals surface area contributed by atoms with Crippen LogP contribution < -0.4 is 0 Å². The standard InChI is InChI=1S/C18H24N2O5S/c21-17(20-12-4-5-16(20)18(22)23)13-14-6-8-15(9-7-14)26(24,25)19-10-2-1-3-11-19/h6-9,16H,1-5,10-13H2,(H,22,23)/t16-/m0/s1. The number of piperidine rings is 1. The lowest BCUT2D eigenvalue weighted by atomic mass is 10.1. The topological polar surface area (TPSA) is 95.0 Å². The monoisotopic (exact) mass is 380 g/mol. The average Bonchev–Trinajstić information content (AvgIpc) is 3.13. The Balaban J connectivity index is 1.68. The van der Waals surface area contributed by atoms with Gasteiger partial charge in [0.15, 0.2) is 0 Å². The van der Waals surface area contributed by atoms with Crippen molar-refractivity contribution in [3.05, 3.63) is 29.8 Å². The summed E-state index contributed by atoms with van der Waals surface area (Å²) in [6.45, 7) is 1.55. The van der Waals surface area contributed by atoms with Gasteiger partial charge in [-0.05, 0) is 43.4 Å². The van der Waals surface area contributed by atoms with Gasteiger partial charge in [-0.15, -0.1) is 0 Å². The highest BCUT2D eigenvalue weighted by atomic mass is 32.2. The van der Waals surface area contributed by atoms with E-state index in [4.69, 9.17) is 0 Å². The summed E-state index contributed by atoms with van der Waals surface area (Å²) in [5, 5.41) is 9.18. The van der Waals surface area contributed by atoms with Gasteiger partial charge in [-0.25, -0.2) is 13.2 Å². The second kappa shape index (κ2) is 7.75. The van der Waals surface area contributed by atoms with E-state index in [0.717, 1.165) is 19.3 Å². The van der Waals surface area contributed by atoms with Crippen molar-refractivity contribution >= 4 is 21.9 Å². The first-order chi connectivity index (χ1) is 12.4. The number of amides is 1. The Kier molecular flexibility index (Phi) is 5.62. The van der Waals surface area contributed by atoms with Crippen molar-refractivity contribution in [3.63, 3.8) is 0 Å². The molecule has 142 valence electrons. The van der Waals surface area contributed by atoms with Crippen molar-refractivity contribution in [2.24, 2.45) is 0 Å². The summed E-state index contributed by atoms with van der Waals surface area (Å²) in [4.78, 5) is 25.2. The Morgan fingerprint density at radius 1 is 1.00 bits per heavy atom. The smallest absolute Gasteiger partial charge is 0.326 e. The lowest BCUT2D eigenvalue weighted by molar-refractivity contribution is -0.148. The number of hydrogen-bond acceptors (Lipinski definition) is 4. The molecule has 0 bridgehead atoms. The molecule has 26 heavy (non-hydrogen) atoms. The third kappa shape index (κ3) is 3.91. The first kappa shape index (κ1) is 18.8. The molecule has 0 aromatic heterocycles. The number of carbonyl (C=O) groups excluding carboxylic acids is 1. The van der Waals surface area contributed by atoms with Crippen LogP contribution in [0.5, 0.6) is 0 Å². The van der Waals surface area contributed by atoms with E-state index in [9.17, 15) is 23.1 Å². The van der Waals surface area contributed by atoms with E-state index >= 15 is 0 Å². The third-order valence-electron chi connectivity index (χ3n) is 5.09. The third-order valence-corrected chi connectivity index (χ3v) is 7.00. The van der Waals surface area contributed by atoms with Gasteiger partial charge < -0.3 is 10.0 Å². The lowest BCUT2D eigenvalue weighted by Gasteiger charge is -2.26. The number of sulfonamides is 1. The van der Waals surface area contributed by atoms with Crippen LogP contribution in [0.1, 0.15) is 37.7 Å². The second-order valence-electron chi connectivity index (χ2n) is 6.87. The molecule has 1 N–H and O–H groups in total. The fourth-order valence-corrected chi connectivity index (χ4v) is 5.15. The molecule has 0 saturated carbocycles. The predicted molar refractivity (Wildman–Crippen MR) is 95.1 cm³/mol. The molecule has 1 aromatic carbocycles. The minimum atomic E-state index is -3.48. The quantitative estimate of drug-likeness (QED) is 0.835. The van der Waals surface area contributed by atoms with E-state index in [0.29, 0.717) is 38.0 Å².